The van der Waals surface area contributed by atoms with Crippen LogP contribution in [0.1, 0.15) is 16.8 Å². The van der Waals surface area contributed by atoms with Crippen LogP contribution in [0.2, 0.25) is 0 Å². The number of ether oxygens (including phenoxy) is 1. The van der Waals surface area contributed by atoms with E-state index in [1.54, 1.807) is 13.0 Å². The van der Waals surface area contributed by atoms with E-state index < -0.39 is 5.82 Å². The Kier molecular flexibility index (Phi) is 4.32. The number of hydrogen-bond donors (Lipinski definition) is 1. The van der Waals surface area contributed by atoms with Crippen LogP contribution in [0.4, 0.5) is 4.39 Å². The molecule has 1 aromatic carbocycles. The lowest BCUT2D eigenvalue weighted by atomic mass is 10.1. The quantitative estimate of drug-likeness (QED) is 0.864. The fourth-order valence-electron chi connectivity index (χ4n) is 1.96. The topological polar surface area (TPSA) is 70.1 Å². The Hall–Kier alpha value is -2.28. The van der Waals surface area contributed by atoms with Crippen molar-refractivity contribution in [2.75, 3.05) is 7.11 Å². The minimum atomic E-state index is -0.470. The first-order valence-electron chi connectivity index (χ1n) is 6.12. The predicted molar refractivity (Wildman–Crippen MR) is 81.2 cm³/mol. The number of nitrogens with two attached hydrogens (primary N) is 1. The van der Waals surface area contributed by atoms with Crippen molar-refractivity contribution in [2.24, 2.45) is 5.73 Å². The molecule has 0 saturated carbocycles. The molecule has 0 radical (unpaired) electrons. The number of rotatable bonds is 4. The molecule has 0 atom stereocenters. The standard InChI is InChI=1S/C14H14FN3O2S/c1-8-3-12(19)18(14(17-8)20-2)7-9-4-10(13(16)21)6-11(15)5-9/h3-6H,7H2,1-2H3,(H2,16,21). The van der Waals surface area contributed by atoms with Gasteiger partial charge in [-0.1, -0.05) is 12.2 Å². The summed E-state index contributed by atoms with van der Waals surface area (Å²) in [6, 6.07) is 5.75. The van der Waals surface area contributed by atoms with Gasteiger partial charge in [-0.2, -0.15) is 0 Å². The number of aromatic nitrogens is 2. The van der Waals surface area contributed by atoms with Gasteiger partial charge in [-0.3, -0.25) is 9.36 Å². The van der Waals surface area contributed by atoms with Gasteiger partial charge in [0.15, 0.2) is 0 Å². The zero-order valence-corrected chi connectivity index (χ0v) is 12.4. The van der Waals surface area contributed by atoms with Gasteiger partial charge in [0.2, 0.25) is 0 Å². The van der Waals surface area contributed by atoms with Crippen LogP contribution in [0.15, 0.2) is 29.1 Å². The summed E-state index contributed by atoms with van der Waals surface area (Å²) in [4.78, 5) is 16.2. The largest absolute Gasteiger partial charge is 0.468 e. The van der Waals surface area contributed by atoms with Crippen LogP contribution >= 0.6 is 12.2 Å². The summed E-state index contributed by atoms with van der Waals surface area (Å²) in [7, 11) is 1.42. The van der Waals surface area contributed by atoms with Gasteiger partial charge in [0.05, 0.1) is 13.7 Å². The van der Waals surface area contributed by atoms with Crippen molar-refractivity contribution in [3.05, 3.63) is 57.3 Å². The second-order valence-electron chi connectivity index (χ2n) is 4.52. The van der Waals surface area contributed by atoms with Gasteiger partial charge in [0, 0.05) is 17.3 Å². The highest BCUT2D eigenvalue weighted by atomic mass is 32.1. The SMILES string of the molecule is COc1nc(C)cc(=O)n1Cc1cc(F)cc(C(N)=S)c1. The number of nitrogens with zero attached hydrogens (tertiary/aromatic N) is 2. The lowest BCUT2D eigenvalue weighted by Gasteiger charge is -2.12. The molecule has 0 aliphatic rings. The van der Waals surface area contributed by atoms with E-state index in [9.17, 15) is 9.18 Å². The van der Waals surface area contributed by atoms with Crippen molar-refractivity contribution in [2.45, 2.75) is 13.5 Å². The highest BCUT2D eigenvalue weighted by molar-refractivity contribution is 7.80. The van der Waals surface area contributed by atoms with E-state index in [0.29, 0.717) is 16.8 Å². The molecule has 2 rings (SSSR count). The van der Waals surface area contributed by atoms with Crippen molar-refractivity contribution in [3.63, 3.8) is 0 Å². The smallest absolute Gasteiger partial charge is 0.299 e. The Bertz CT molecular complexity index is 758. The van der Waals surface area contributed by atoms with E-state index in [2.05, 4.69) is 4.98 Å². The van der Waals surface area contributed by atoms with E-state index in [1.807, 2.05) is 0 Å². The summed E-state index contributed by atoms with van der Waals surface area (Å²) in [5.41, 5.74) is 6.74. The summed E-state index contributed by atoms with van der Waals surface area (Å²) < 4.78 is 20.0. The Balaban J connectivity index is 2.48. The van der Waals surface area contributed by atoms with Crippen molar-refractivity contribution < 1.29 is 9.13 Å². The highest BCUT2D eigenvalue weighted by Crippen LogP contribution is 2.13. The minimum absolute atomic E-state index is 0.0945. The molecule has 0 bridgehead atoms. The summed E-state index contributed by atoms with van der Waals surface area (Å²) in [6.45, 7) is 1.81. The third-order valence-corrected chi connectivity index (χ3v) is 3.10. The van der Waals surface area contributed by atoms with Crippen LogP contribution in [-0.2, 0) is 6.54 Å². The molecule has 5 nitrogen and oxygen atoms in total. The third-order valence-electron chi connectivity index (χ3n) is 2.87. The van der Waals surface area contributed by atoms with Gasteiger partial charge in [-0.05, 0) is 30.7 Å². The Morgan fingerprint density at radius 1 is 1.43 bits per heavy atom. The molecule has 0 aliphatic carbocycles. The number of aryl methyl sites for hydroxylation is 1. The van der Waals surface area contributed by atoms with Gasteiger partial charge < -0.3 is 10.5 Å². The van der Waals surface area contributed by atoms with Crippen molar-refractivity contribution in [1.82, 2.24) is 9.55 Å². The molecule has 110 valence electrons. The number of benzene rings is 1. The molecule has 0 spiro atoms. The lowest BCUT2D eigenvalue weighted by Crippen LogP contribution is -2.23. The molecule has 0 amide bonds. The normalized spacial score (nSPS) is 10.4. The van der Waals surface area contributed by atoms with E-state index in [1.165, 1.54) is 29.9 Å². The van der Waals surface area contributed by atoms with E-state index >= 15 is 0 Å². The molecule has 21 heavy (non-hydrogen) atoms. The molecule has 1 heterocycles. The molecule has 1 aromatic heterocycles. The average Bonchev–Trinajstić information content (AvgIpc) is 2.40. The zero-order chi connectivity index (χ0) is 15.6. The first kappa shape index (κ1) is 15.1. The molecule has 0 aliphatic heterocycles. The zero-order valence-electron chi connectivity index (χ0n) is 11.6. The molecular weight excluding hydrogens is 293 g/mol. The first-order valence-corrected chi connectivity index (χ1v) is 6.53. The van der Waals surface area contributed by atoms with E-state index in [-0.39, 0.29) is 23.1 Å². The molecule has 7 heteroatoms. The van der Waals surface area contributed by atoms with Crippen molar-refractivity contribution in [3.8, 4) is 6.01 Å². The van der Waals surface area contributed by atoms with E-state index in [0.717, 1.165) is 0 Å². The maximum absolute atomic E-state index is 13.6. The molecule has 0 saturated heterocycles. The molecule has 0 unspecified atom stereocenters. The number of halogens is 1. The molecule has 2 N–H and O–H groups in total. The van der Waals surface area contributed by atoms with Gasteiger partial charge in [-0.25, -0.2) is 9.37 Å². The Morgan fingerprint density at radius 3 is 2.76 bits per heavy atom. The molecule has 0 fully saturated rings. The van der Waals surface area contributed by atoms with Crippen LogP contribution in [0.25, 0.3) is 0 Å². The number of thiocarbonyl (C=S) groups is 1. The summed E-state index contributed by atoms with van der Waals surface area (Å²) in [6.07, 6.45) is 0. The Morgan fingerprint density at radius 2 is 2.14 bits per heavy atom. The summed E-state index contributed by atoms with van der Waals surface area (Å²) in [5, 5.41) is 0. The monoisotopic (exact) mass is 307 g/mol. The Labute approximate surface area is 126 Å². The molecule has 2 aromatic rings. The van der Waals surface area contributed by atoms with Crippen molar-refractivity contribution in [1.29, 1.82) is 0 Å². The fourth-order valence-corrected chi connectivity index (χ4v) is 2.08. The second kappa shape index (κ2) is 6.01. The third kappa shape index (κ3) is 3.43. The molecular formula is C14H14FN3O2S. The summed E-state index contributed by atoms with van der Waals surface area (Å²) >= 11 is 4.84. The van der Waals surface area contributed by atoms with Crippen LogP contribution < -0.4 is 16.0 Å². The lowest BCUT2D eigenvalue weighted by molar-refractivity contribution is 0.349. The number of methoxy groups -OCH3 is 1. The maximum atomic E-state index is 13.6. The van der Waals surface area contributed by atoms with Gasteiger partial charge in [0.1, 0.15) is 10.8 Å². The second-order valence-corrected chi connectivity index (χ2v) is 4.96. The van der Waals surface area contributed by atoms with Crippen molar-refractivity contribution >= 4 is 17.2 Å². The van der Waals surface area contributed by atoms with Crippen LogP contribution in [0, 0.1) is 12.7 Å². The fraction of sp³-hybridized carbons (Fsp3) is 0.214. The van der Waals surface area contributed by atoms with Gasteiger partial charge in [0.25, 0.3) is 11.6 Å². The summed E-state index contributed by atoms with van der Waals surface area (Å²) in [5.74, 6) is -0.470. The minimum Gasteiger partial charge on any atom is -0.468 e. The van der Waals surface area contributed by atoms with Crippen LogP contribution in [-0.4, -0.2) is 21.6 Å². The van der Waals surface area contributed by atoms with Gasteiger partial charge >= 0.3 is 0 Å². The predicted octanol–water partition coefficient (Wildman–Crippen LogP) is 1.38. The number of hydrogen-bond acceptors (Lipinski definition) is 4. The average molecular weight is 307 g/mol. The van der Waals surface area contributed by atoms with Gasteiger partial charge in [-0.15, -0.1) is 0 Å². The van der Waals surface area contributed by atoms with Crippen LogP contribution in [0.5, 0.6) is 6.01 Å². The highest BCUT2D eigenvalue weighted by Gasteiger charge is 2.10. The maximum Gasteiger partial charge on any atom is 0.299 e. The first-order chi connectivity index (χ1) is 9.90. The van der Waals surface area contributed by atoms with E-state index in [4.69, 9.17) is 22.7 Å². The van der Waals surface area contributed by atoms with Crippen LogP contribution in [0.3, 0.4) is 0 Å².